The number of hydrogen-bond donors (Lipinski definition) is 0. The smallest absolute Gasteiger partial charge is 0.274 e. The van der Waals surface area contributed by atoms with Crippen LogP contribution in [0.2, 0.25) is 0 Å². The first-order valence-electron chi connectivity index (χ1n) is 7.17. The molecule has 1 saturated heterocycles. The molecule has 2 aromatic heterocycles. The molecule has 1 fully saturated rings. The van der Waals surface area contributed by atoms with Gasteiger partial charge in [-0.1, -0.05) is 17.8 Å². The van der Waals surface area contributed by atoms with Crippen LogP contribution in [-0.2, 0) is 10.0 Å². The predicted molar refractivity (Wildman–Crippen MR) is 89.3 cm³/mol. The lowest BCUT2D eigenvalue weighted by molar-refractivity contribution is 0.0694. The third-order valence-corrected chi connectivity index (χ3v) is 5.85. The highest BCUT2D eigenvalue weighted by Gasteiger charge is 2.29. The van der Waals surface area contributed by atoms with Crippen LogP contribution in [0, 0.1) is 0 Å². The zero-order chi connectivity index (χ0) is 16.6. The second-order valence-corrected chi connectivity index (χ2v) is 8.11. The summed E-state index contributed by atoms with van der Waals surface area (Å²) >= 11 is 1.48. The van der Waals surface area contributed by atoms with Gasteiger partial charge in [-0.2, -0.15) is 4.31 Å². The van der Waals surface area contributed by atoms with Gasteiger partial charge in [0, 0.05) is 32.4 Å². The molecule has 0 saturated carbocycles. The minimum atomic E-state index is -3.20. The lowest BCUT2D eigenvalue weighted by Crippen LogP contribution is -2.50. The minimum Gasteiger partial charge on any atom is -0.335 e. The molecular weight excluding hydrogens is 336 g/mol. The lowest BCUT2D eigenvalue weighted by atomic mass is 10.2. The molecule has 2 aromatic rings. The van der Waals surface area contributed by atoms with Gasteiger partial charge in [0.15, 0.2) is 10.9 Å². The fourth-order valence-corrected chi connectivity index (χ4v) is 4.05. The van der Waals surface area contributed by atoms with Crippen molar-refractivity contribution in [2.45, 2.75) is 5.16 Å². The molecule has 0 N–H and O–H groups in total. The number of pyridine rings is 1. The van der Waals surface area contributed by atoms with Gasteiger partial charge in [0.05, 0.1) is 11.8 Å². The summed E-state index contributed by atoms with van der Waals surface area (Å²) < 4.78 is 26.4. The van der Waals surface area contributed by atoms with E-state index in [4.69, 9.17) is 0 Å². The maximum atomic E-state index is 12.8. The number of piperazine rings is 1. The summed E-state index contributed by atoms with van der Waals surface area (Å²) in [6.45, 7) is 1.41. The Morgan fingerprint density at radius 2 is 1.91 bits per heavy atom. The number of carbonyl (C=O) groups excluding carboxylic acids is 1. The summed E-state index contributed by atoms with van der Waals surface area (Å²) in [6, 6.07) is 5.64. The minimum absolute atomic E-state index is 0.151. The molecule has 1 aliphatic heterocycles. The van der Waals surface area contributed by atoms with Crippen molar-refractivity contribution >= 4 is 33.2 Å². The SMILES string of the molecule is CSc1nc(C(=O)N2CCN(S(C)(=O)=O)CC2)c2ccccn12. The quantitative estimate of drug-likeness (QED) is 0.761. The molecule has 1 amide bonds. The second kappa shape index (κ2) is 6.14. The summed E-state index contributed by atoms with van der Waals surface area (Å²) in [6.07, 6.45) is 4.99. The monoisotopic (exact) mass is 354 g/mol. The van der Waals surface area contributed by atoms with Crippen LogP contribution >= 0.6 is 11.8 Å². The van der Waals surface area contributed by atoms with E-state index in [0.29, 0.717) is 31.9 Å². The highest BCUT2D eigenvalue weighted by atomic mass is 32.2. The topological polar surface area (TPSA) is 75.0 Å². The van der Waals surface area contributed by atoms with Crippen molar-refractivity contribution in [3.8, 4) is 0 Å². The third kappa shape index (κ3) is 3.08. The number of nitrogens with zero attached hydrogens (tertiary/aromatic N) is 4. The number of carbonyl (C=O) groups is 1. The van der Waals surface area contributed by atoms with E-state index in [1.807, 2.05) is 35.1 Å². The molecule has 0 aliphatic carbocycles. The number of aromatic nitrogens is 2. The molecule has 7 nitrogen and oxygen atoms in total. The first-order valence-corrected chi connectivity index (χ1v) is 10.2. The number of thioether (sulfide) groups is 1. The van der Waals surface area contributed by atoms with Crippen LogP contribution in [0.4, 0.5) is 0 Å². The Labute approximate surface area is 139 Å². The summed E-state index contributed by atoms with van der Waals surface area (Å²) in [5.74, 6) is -0.151. The van der Waals surface area contributed by atoms with E-state index in [1.54, 1.807) is 4.90 Å². The van der Waals surface area contributed by atoms with Crippen molar-refractivity contribution < 1.29 is 13.2 Å². The van der Waals surface area contributed by atoms with Gasteiger partial charge in [-0.3, -0.25) is 9.20 Å². The first kappa shape index (κ1) is 16.3. The van der Waals surface area contributed by atoms with Crippen molar-refractivity contribution in [2.24, 2.45) is 0 Å². The number of imidazole rings is 1. The van der Waals surface area contributed by atoms with E-state index in [0.717, 1.165) is 10.7 Å². The zero-order valence-corrected chi connectivity index (χ0v) is 14.6. The van der Waals surface area contributed by atoms with Crippen LogP contribution in [-0.4, -0.2) is 71.6 Å². The maximum Gasteiger partial charge on any atom is 0.274 e. The van der Waals surface area contributed by atoms with Crippen molar-refractivity contribution in [3.63, 3.8) is 0 Å². The number of sulfonamides is 1. The standard InChI is InChI=1S/C14H18N4O3S2/c1-22-14-15-12(11-5-3-4-6-18(11)14)13(19)16-7-9-17(10-8-16)23(2,20)21/h3-6H,7-10H2,1-2H3. The number of fused-ring (bicyclic) bond motifs is 1. The zero-order valence-electron chi connectivity index (χ0n) is 13.0. The van der Waals surface area contributed by atoms with Crippen LogP contribution in [0.15, 0.2) is 29.6 Å². The lowest BCUT2D eigenvalue weighted by Gasteiger charge is -2.32. The van der Waals surface area contributed by atoms with E-state index in [1.165, 1.54) is 22.3 Å². The molecule has 0 unspecified atom stereocenters. The van der Waals surface area contributed by atoms with Crippen LogP contribution < -0.4 is 0 Å². The molecule has 0 spiro atoms. The molecule has 0 radical (unpaired) electrons. The van der Waals surface area contributed by atoms with Gasteiger partial charge < -0.3 is 4.90 Å². The fourth-order valence-electron chi connectivity index (χ4n) is 2.68. The molecule has 124 valence electrons. The van der Waals surface area contributed by atoms with Gasteiger partial charge in [-0.05, 0) is 18.4 Å². The van der Waals surface area contributed by atoms with E-state index < -0.39 is 10.0 Å². The van der Waals surface area contributed by atoms with Crippen molar-refractivity contribution in [2.75, 3.05) is 38.7 Å². The van der Waals surface area contributed by atoms with Gasteiger partial charge >= 0.3 is 0 Å². The molecule has 3 heterocycles. The Balaban J connectivity index is 1.85. The van der Waals surface area contributed by atoms with Gasteiger partial charge in [-0.25, -0.2) is 13.4 Å². The Bertz CT molecular complexity index is 839. The average Bonchev–Trinajstić information content (AvgIpc) is 2.92. The summed E-state index contributed by atoms with van der Waals surface area (Å²) in [5.41, 5.74) is 1.19. The summed E-state index contributed by atoms with van der Waals surface area (Å²) in [5, 5.41) is 0.763. The number of amides is 1. The molecule has 0 bridgehead atoms. The average molecular weight is 354 g/mol. The predicted octanol–water partition coefficient (Wildman–Crippen LogP) is 0.774. The first-order chi connectivity index (χ1) is 10.9. The van der Waals surface area contributed by atoms with Gasteiger partial charge in [-0.15, -0.1) is 0 Å². The van der Waals surface area contributed by atoms with Gasteiger partial charge in [0.2, 0.25) is 10.0 Å². The fraction of sp³-hybridized carbons (Fsp3) is 0.429. The second-order valence-electron chi connectivity index (χ2n) is 5.36. The van der Waals surface area contributed by atoms with E-state index in [2.05, 4.69) is 4.98 Å². The molecule has 9 heteroatoms. The van der Waals surface area contributed by atoms with E-state index >= 15 is 0 Å². The maximum absolute atomic E-state index is 12.8. The van der Waals surface area contributed by atoms with Crippen LogP contribution in [0.25, 0.3) is 5.52 Å². The Morgan fingerprint density at radius 1 is 1.22 bits per heavy atom. The third-order valence-electron chi connectivity index (χ3n) is 3.90. The number of hydrogen-bond acceptors (Lipinski definition) is 5. The Morgan fingerprint density at radius 3 is 2.52 bits per heavy atom. The summed E-state index contributed by atoms with van der Waals surface area (Å²) in [7, 11) is -3.20. The summed E-state index contributed by atoms with van der Waals surface area (Å²) in [4.78, 5) is 18.9. The molecule has 1 aliphatic rings. The highest BCUT2D eigenvalue weighted by Crippen LogP contribution is 2.21. The van der Waals surface area contributed by atoms with Crippen LogP contribution in [0.1, 0.15) is 10.5 Å². The normalized spacial score (nSPS) is 16.9. The van der Waals surface area contributed by atoms with Crippen LogP contribution in [0.3, 0.4) is 0 Å². The highest BCUT2D eigenvalue weighted by molar-refractivity contribution is 7.98. The van der Waals surface area contributed by atoms with Gasteiger partial charge in [0.1, 0.15) is 0 Å². The van der Waals surface area contributed by atoms with E-state index in [-0.39, 0.29) is 5.91 Å². The van der Waals surface area contributed by atoms with Crippen molar-refractivity contribution in [3.05, 3.63) is 30.1 Å². The molecular formula is C14H18N4O3S2. The van der Waals surface area contributed by atoms with Crippen LogP contribution in [0.5, 0.6) is 0 Å². The van der Waals surface area contributed by atoms with Crippen molar-refractivity contribution in [1.29, 1.82) is 0 Å². The Kier molecular flexibility index (Phi) is 4.35. The van der Waals surface area contributed by atoms with E-state index in [9.17, 15) is 13.2 Å². The Hall–Kier alpha value is -1.58. The largest absolute Gasteiger partial charge is 0.335 e. The molecule has 0 aromatic carbocycles. The number of rotatable bonds is 3. The van der Waals surface area contributed by atoms with Crippen molar-refractivity contribution in [1.82, 2.24) is 18.6 Å². The van der Waals surface area contributed by atoms with Gasteiger partial charge in [0.25, 0.3) is 5.91 Å². The molecule has 23 heavy (non-hydrogen) atoms. The molecule has 3 rings (SSSR count). The molecule has 0 atom stereocenters.